The summed E-state index contributed by atoms with van der Waals surface area (Å²) in [4.78, 5) is 81.9. The molecule has 0 aromatic heterocycles. The molecule has 0 saturated carbocycles. The summed E-state index contributed by atoms with van der Waals surface area (Å²) in [6.07, 6.45) is 19.4. The molecule has 0 bridgehead atoms. The number of unbranched alkanes of at least 4 members (excludes halogenated alkanes) is 14. The summed E-state index contributed by atoms with van der Waals surface area (Å²) < 4.78 is 21.5. The summed E-state index contributed by atoms with van der Waals surface area (Å²) in [5, 5.41) is 23.7. The minimum atomic E-state index is -1.07. The van der Waals surface area contributed by atoms with Crippen molar-refractivity contribution in [3.05, 3.63) is 0 Å². The molecule has 2 amide bonds. The first-order valence-corrected chi connectivity index (χ1v) is 22.7. The van der Waals surface area contributed by atoms with Crippen molar-refractivity contribution in [1.29, 1.82) is 0 Å². The van der Waals surface area contributed by atoms with Crippen LogP contribution >= 0.6 is 0 Å². The van der Waals surface area contributed by atoms with E-state index >= 15 is 0 Å². The molecule has 0 rings (SSSR count). The first kappa shape index (κ1) is 56.7. The fourth-order valence-corrected chi connectivity index (χ4v) is 6.36. The second-order valence-corrected chi connectivity index (χ2v) is 15.8. The first-order chi connectivity index (χ1) is 28.9. The topological polar surface area (TPSA) is 221 Å². The predicted molar refractivity (Wildman–Crippen MR) is 233 cm³/mol. The number of Topliss-reactive ketones (excluding diaryl/α,β-unsaturated/α-hetero) is 3. The second-order valence-electron chi connectivity index (χ2n) is 15.8. The summed E-state index contributed by atoms with van der Waals surface area (Å²) in [6, 6.07) is 0. The van der Waals surface area contributed by atoms with Crippen LogP contribution < -0.4 is 10.6 Å². The normalized spacial score (nSPS) is 12.2. The molecule has 0 spiro atoms. The van der Waals surface area contributed by atoms with Crippen molar-refractivity contribution in [3.8, 4) is 0 Å². The van der Waals surface area contributed by atoms with E-state index in [1.807, 2.05) is 6.92 Å². The highest BCUT2D eigenvalue weighted by molar-refractivity contribution is 5.84. The average Bonchev–Trinajstić information content (AvgIpc) is 3.20. The molecule has 0 unspecified atom stereocenters. The van der Waals surface area contributed by atoms with E-state index in [9.17, 15) is 38.7 Å². The van der Waals surface area contributed by atoms with Gasteiger partial charge in [-0.3, -0.25) is 33.6 Å². The van der Waals surface area contributed by atoms with Gasteiger partial charge in [0.1, 0.15) is 24.8 Å². The maximum absolute atomic E-state index is 12.4. The molecule has 0 radical (unpaired) electrons. The fraction of sp³-hybridized carbons (Fsp3) is 0.844. The van der Waals surface area contributed by atoms with Crippen LogP contribution in [-0.2, 0) is 52.5 Å². The highest BCUT2D eigenvalue weighted by Gasteiger charge is 2.22. The second kappa shape index (κ2) is 41.1. The van der Waals surface area contributed by atoms with Gasteiger partial charge >= 0.3 is 11.9 Å². The monoisotopic (exact) mass is 861 g/mol. The molecule has 352 valence electrons. The zero-order chi connectivity index (χ0) is 44.5. The van der Waals surface area contributed by atoms with E-state index in [1.165, 1.54) is 44.9 Å². The van der Waals surface area contributed by atoms with Gasteiger partial charge in [-0.05, 0) is 45.4 Å². The lowest BCUT2D eigenvalue weighted by atomic mass is 9.94. The van der Waals surface area contributed by atoms with Gasteiger partial charge in [0.05, 0.1) is 39.0 Å². The van der Waals surface area contributed by atoms with Gasteiger partial charge in [0.2, 0.25) is 11.8 Å². The lowest BCUT2D eigenvalue weighted by Crippen LogP contribution is -2.29. The van der Waals surface area contributed by atoms with E-state index in [0.717, 1.165) is 64.2 Å². The summed E-state index contributed by atoms with van der Waals surface area (Å²) in [7, 11) is 0. The van der Waals surface area contributed by atoms with Crippen LogP contribution in [0.2, 0.25) is 0 Å². The van der Waals surface area contributed by atoms with E-state index in [2.05, 4.69) is 10.6 Å². The van der Waals surface area contributed by atoms with Gasteiger partial charge in [0, 0.05) is 60.6 Å². The van der Waals surface area contributed by atoms with Crippen LogP contribution in [0, 0.1) is 11.8 Å². The number of carboxylic acids is 2. The molecule has 0 aliphatic rings. The van der Waals surface area contributed by atoms with Crippen LogP contribution in [-0.4, -0.2) is 117 Å². The van der Waals surface area contributed by atoms with E-state index in [1.54, 1.807) is 6.92 Å². The largest absolute Gasteiger partial charge is 0.481 e. The Bertz CT molecular complexity index is 1180. The van der Waals surface area contributed by atoms with Gasteiger partial charge in [-0.25, -0.2) is 0 Å². The number of hydrogen-bond donors (Lipinski definition) is 4. The van der Waals surface area contributed by atoms with Crippen molar-refractivity contribution < 1.29 is 65.6 Å². The van der Waals surface area contributed by atoms with Gasteiger partial charge in [0.25, 0.3) is 0 Å². The first-order valence-electron chi connectivity index (χ1n) is 22.7. The number of hydrogen-bond acceptors (Lipinski definition) is 11. The molecule has 0 aliphatic heterocycles. The SMILES string of the molecule is CC(=O)[C@@H](C)CCCCNC(=O)COCCOCCCC(=O)COCCOCCNC(=O)CC[C@H](CC(=O)CCCCCCCCCCCCCCCCC(=O)O)C(=O)O.[HH].[HH]. The van der Waals surface area contributed by atoms with Crippen LogP contribution in [0.25, 0.3) is 0 Å². The third-order valence-electron chi connectivity index (χ3n) is 10.3. The fourth-order valence-electron chi connectivity index (χ4n) is 6.36. The molecule has 0 fully saturated rings. The van der Waals surface area contributed by atoms with E-state index in [-0.39, 0.29) is 110 Å². The molecule has 60 heavy (non-hydrogen) atoms. The van der Waals surface area contributed by atoms with Crippen molar-refractivity contribution in [2.75, 3.05) is 65.9 Å². The molecule has 0 heterocycles. The number of aliphatic carboxylic acids is 2. The molecule has 15 nitrogen and oxygen atoms in total. The Morgan fingerprint density at radius 1 is 0.483 bits per heavy atom. The summed E-state index contributed by atoms with van der Waals surface area (Å²) in [5.74, 6) is -3.05. The Labute approximate surface area is 362 Å². The third-order valence-corrected chi connectivity index (χ3v) is 10.3. The minimum absolute atomic E-state index is 0. The van der Waals surface area contributed by atoms with E-state index in [4.69, 9.17) is 24.1 Å². The minimum Gasteiger partial charge on any atom is -0.481 e. The number of nitrogens with one attached hydrogen (secondary N) is 2. The van der Waals surface area contributed by atoms with Crippen molar-refractivity contribution in [2.45, 2.75) is 168 Å². The number of amides is 2. The van der Waals surface area contributed by atoms with E-state index in [0.29, 0.717) is 39.0 Å². The maximum atomic E-state index is 12.4. The molecular formula is C45H84N2O13. The van der Waals surface area contributed by atoms with Crippen LogP contribution in [0.4, 0.5) is 0 Å². The number of rotatable bonds is 46. The average molecular weight is 861 g/mol. The lowest BCUT2D eigenvalue weighted by Gasteiger charge is -2.12. The quantitative estimate of drug-likeness (QED) is 0.0443. The van der Waals surface area contributed by atoms with E-state index < -0.39 is 17.9 Å². The maximum Gasteiger partial charge on any atom is 0.306 e. The zero-order valence-corrected chi connectivity index (χ0v) is 37.1. The van der Waals surface area contributed by atoms with Gasteiger partial charge in [0.15, 0.2) is 5.78 Å². The summed E-state index contributed by atoms with van der Waals surface area (Å²) in [6.45, 7) is 5.88. The Morgan fingerprint density at radius 2 is 0.983 bits per heavy atom. The number of ether oxygens (including phenoxy) is 4. The Balaban J connectivity index is -0.0000174. The summed E-state index contributed by atoms with van der Waals surface area (Å²) in [5.41, 5.74) is 0. The van der Waals surface area contributed by atoms with Gasteiger partial charge in [-0.2, -0.15) is 0 Å². The molecular weight excluding hydrogens is 776 g/mol. The van der Waals surface area contributed by atoms with Crippen LogP contribution in [0.1, 0.15) is 171 Å². The Hall–Kier alpha value is -3.27. The Morgan fingerprint density at radius 3 is 1.55 bits per heavy atom. The van der Waals surface area contributed by atoms with Crippen molar-refractivity contribution >= 4 is 41.1 Å². The number of ketones is 3. The standard InChI is InChI=1S/C45H80N2O13.2H2/c1-37(38(2)48)20-17-18-26-46-43(52)36-60-33-30-57-28-19-22-41(50)35-59-32-31-58-29-27-47-42(51)25-24-39(45(55)56)34-40(49)21-15-13-11-9-7-5-3-4-6-8-10-12-14-16-23-44(53)54;;/h37,39H,3-36H2,1-2H3,(H,46,52)(H,47,51)(H,53,54)(H,55,56);2*1H/t37-,39+;;/m0../s1. The van der Waals surface area contributed by atoms with Crippen LogP contribution in [0.3, 0.4) is 0 Å². The van der Waals surface area contributed by atoms with Crippen LogP contribution in [0.5, 0.6) is 0 Å². The molecule has 15 heteroatoms. The molecule has 0 aliphatic carbocycles. The highest BCUT2D eigenvalue weighted by atomic mass is 16.5. The van der Waals surface area contributed by atoms with Crippen molar-refractivity contribution in [3.63, 3.8) is 0 Å². The molecule has 0 aromatic rings. The lowest BCUT2D eigenvalue weighted by molar-refractivity contribution is -0.144. The molecule has 4 N–H and O–H groups in total. The summed E-state index contributed by atoms with van der Waals surface area (Å²) >= 11 is 0. The smallest absolute Gasteiger partial charge is 0.306 e. The number of carbonyl (C=O) groups excluding carboxylic acids is 5. The third kappa shape index (κ3) is 40.2. The molecule has 0 saturated heterocycles. The van der Waals surface area contributed by atoms with Gasteiger partial charge in [-0.1, -0.05) is 90.4 Å². The van der Waals surface area contributed by atoms with Gasteiger partial charge in [-0.15, -0.1) is 0 Å². The number of carboxylic acid groups (broad SMARTS) is 2. The van der Waals surface area contributed by atoms with Crippen molar-refractivity contribution in [1.82, 2.24) is 10.6 Å². The molecule has 0 aromatic carbocycles. The van der Waals surface area contributed by atoms with Crippen molar-refractivity contribution in [2.24, 2.45) is 11.8 Å². The van der Waals surface area contributed by atoms with Gasteiger partial charge < -0.3 is 39.8 Å². The predicted octanol–water partition coefficient (Wildman–Crippen LogP) is 7.29. The molecule has 2 atom stereocenters. The zero-order valence-electron chi connectivity index (χ0n) is 37.1. The Kier molecular flexibility index (Phi) is 38.9. The number of carbonyl (C=O) groups is 7. The highest BCUT2D eigenvalue weighted by Crippen LogP contribution is 2.17. The van der Waals surface area contributed by atoms with Crippen LogP contribution in [0.15, 0.2) is 0 Å².